The summed E-state index contributed by atoms with van der Waals surface area (Å²) in [6, 6.07) is 6.19. The molecule has 2 heterocycles. The highest BCUT2D eigenvalue weighted by Crippen LogP contribution is 2.28. The fourth-order valence-electron chi connectivity index (χ4n) is 3.58. The average molecular weight is 399 g/mol. The van der Waals surface area contributed by atoms with Crippen molar-refractivity contribution < 1.29 is 9.50 Å². The molecule has 2 aromatic heterocycles. The Balaban J connectivity index is 1.75. The fraction of sp³-hybridized carbons (Fsp3) is 0.381. The van der Waals surface area contributed by atoms with Gasteiger partial charge in [0.15, 0.2) is 10.8 Å². The van der Waals surface area contributed by atoms with Crippen LogP contribution in [0.4, 0.5) is 4.39 Å². The van der Waals surface area contributed by atoms with Gasteiger partial charge in [-0.15, -0.1) is 0 Å². The summed E-state index contributed by atoms with van der Waals surface area (Å²) in [4.78, 5) is 13.2. The highest BCUT2D eigenvalue weighted by atomic mass is 35.5. The van der Waals surface area contributed by atoms with Gasteiger partial charge in [0, 0.05) is 12.6 Å². The number of fused-ring (bicyclic) bond motifs is 1. The molecule has 3 aromatic rings. The van der Waals surface area contributed by atoms with E-state index in [0.717, 1.165) is 25.7 Å². The molecule has 5 nitrogen and oxygen atoms in total. The van der Waals surface area contributed by atoms with Gasteiger partial charge in [-0.05, 0) is 43.7 Å². The van der Waals surface area contributed by atoms with Gasteiger partial charge >= 0.3 is 0 Å². The minimum absolute atomic E-state index is 0.181. The molecule has 7 heteroatoms. The molecule has 0 saturated heterocycles. The molecule has 28 heavy (non-hydrogen) atoms. The van der Waals surface area contributed by atoms with Gasteiger partial charge in [-0.3, -0.25) is 0 Å². The molecule has 1 fully saturated rings. The lowest BCUT2D eigenvalue weighted by atomic mass is 9.95. The number of hydrogen-bond acceptors (Lipinski definition) is 4. The van der Waals surface area contributed by atoms with Gasteiger partial charge in [-0.2, -0.15) is 0 Å². The largest absolute Gasteiger partial charge is 0.378 e. The van der Waals surface area contributed by atoms with Gasteiger partial charge in [0.05, 0.1) is 0 Å². The average Bonchev–Trinajstić information content (AvgIpc) is 2.85. The second-order valence-electron chi connectivity index (χ2n) is 7.21. The molecular formula is C21H20ClFN4O. The predicted molar refractivity (Wildman–Crippen MR) is 106 cm³/mol. The monoisotopic (exact) mass is 398 g/mol. The summed E-state index contributed by atoms with van der Waals surface area (Å²) < 4.78 is 15.3. The van der Waals surface area contributed by atoms with Crippen molar-refractivity contribution in [3.8, 4) is 23.2 Å². The Bertz CT molecular complexity index is 1090. The smallest absolute Gasteiger partial charge is 0.208 e. The summed E-state index contributed by atoms with van der Waals surface area (Å²) in [6.45, 7) is 0. The Morgan fingerprint density at radius 3 is 2.61 bits per heavy atom. The lowest BCUT2D eigenvalue weighted by Crippen LogP contribution is -2.25. The number of nitrogens with zero attached hydrogens (tertiary/aromatic N) is 4. The van der Waals surface area contributed by atoms with Crippen molar-refractivity contribution in [3.63, 3.8) is 0 Å². The van der Waals surface area contributed by atoms with Crippen LogP contribution in [0.1, 0.15) is 44.3 Å². The highest BCUT2D eigenvalue weighted by Gasteiger charge is 2.25. The van der Waals surface area contributed by atoms with Crippen LogP contribution in [-0.2, 0) is 7.05 Å². The van der Waals surface area contributed by atoms with E-state index >= 15 is 0 Å². The summed E-state index contributed by atoms with van der Waals surface area (Å²) in [5.41, 5.74) is 0.566. The SMILES string of the molecule is Cn1c(-c2cccc(F)c2)nc2c(Cl)nc(C#CC3(O)CCCCCC3)nc21. The Kier molecular flexibility index (Phi) is 5.05. The zero-order valence-corrected chi connectivity index (χ0v) is 16.3. The number of imidazole rings is 1. The van der Waals surface area contributed by atoms with E-state index < -0.39 is 5.60 Å². The van der Waals surface area contributed by atoms with Crippen molar-refractivity contribution in [1.29, 1.82) is 0 Å². The third-order valence-corrected chi connectivity index (χ3v) is 5.36. The van der Waals surface area contributed by atoms with Gasteiger partial charge in [0.1, 0.15) is 22.8 Å². The first-order valence-corrected chi connectivity index (χ1v) is 9.74. The molecule has 1 saturated carbocycles. The zero-order chi connectivity index (χ0) is 19.7. The number of rotatable bonds is 1. The van der Waals surface area contributed by atoms with Crippen molar-refractivity contribution in [2.24, 2.45) is 7.05 Å². The maximum Gasteiger partial charge on any atom is 0.208 e. The Morgan fingerprint density at radius 1 is 1.14 bits per heavy atom. The molecule has 0 bridgehead atoms. The maximum atomic E-state index is 13.6. The number of halogens is 2. The molecule has 0 spiro atoms. The third-order valence-electron chi connectivity index (χ3n) is 5.10. The summed E-state index contributed by atoms with van der Waals surface area (Å²) >= 11 is 6.32. The van der Waals surface area contributed by atoms with Crippen LogP contribution in [0.2, 0.25) is 5.15 Å². The second kappa shape index (κ2) is 7.50. The molecule has 0 atom stereocenters. The molecule has 0 amide bonds. The van der Waals surface area contributed by atoms with E-state index in [9.17, 15) is 9.50 Å². The first-order chi connectivity index (χ1) is 13.5. The van der Waals surface area contributed by atoms with E-state index in [4.69, 9.17) is 11.6 Å². The predicted octanol–water partition coefficient (Wildman–Crippen LogP) is 4.26. The van der Waals surface area contributed by atoms with E-state index in [0.29, 0.717) is 35.4 Å². The van der Waals surface area contributed by atoms with E-state index in [1.165, 1.54) is 12.1 Å². The molecule has 1 N–H and O–H groups in total. The number of aliphatic hydroxyl groups is 1. The third kappa shape index (κ3) is 3.73. The van der Waals surface area contributed by atoms with Crippen LogP contribution in [0.15, 0.2) is 24.3 Å². The van der Waals surface area contributed by atoms with Crippen molar-refractivity contribution in [2.75, 3.05) is 0 Å². The molecule has 0 unspecified atom stereocenters. The van der Waals surface area contributed by atoms with Crippen LogP contribution < -0.4 is 0 Å². The number of aryl methyl sites for hydroxylation is 1. The molecule has 1 aliphatic carbocycles. The van der Waals surface area contributed by atoms with Gasteiger partial charge < -0.3 is 9.67 Å². The van der Waals surface area contributed by atoms with E-state index in [1.54, 1.807) is 23.7 Å². The molecule has 0 aliphatic heterocycles. The van der Waals surface area contributed by atoms with Crippen molar-refractivity contribution in [3.05, 3.63) is 41.1 Å². The first kappa shape index (κ1) is 18.9. The molecule has 1 aliphatic rings. The summed E-state index contributed by atoms with van der Waals surface area (Å²) in [5.74, 6) is 6.28. The lowest BCUT2D eigenvalue weighted by molar-refractivity contribution is 0.0849. The number of aromatic nitrogens is 4. The number of benzene rings is 1. The van der Waals surface area contributed by atoms with E-state index in [2.05, 4.69) is 26.8 Å². The van der Waals surface area contributed by atoms with Gasteiger partial charge in [-0.1, -0.05) is 42.5 Å². The Hall–Kier alpha value is -2.49. The van der Waals surface area contributed by atoms with Crippen molar-refractivity contribution >= 4 is 22.8 Å². The van der Waals surface area contributed by atoms with Crippen LogP contribution in [0, 0.1) is 17.7 Å². The van der Waals surface area contributed by atoms with Crippen LogP contribution in [-0.4, -0.2) is 30.2 Å². The standard InChI is InChI=1S/C21H20ClFN4O/c1-27-19(14-7-6-8-15(23)13-14)26-17-18(22)24-16(25-20(17)27)9-12-21(28)10-4-2-3-5-11-21/h6-8,13,28H,2-5,10-11H2,1H3. The Labute approximate surface area is 167 Å². The minimum Gasteiger partial charge on any atom is -0.378 e. The van der Waals surface area contributed by atoms with Crippen LogP contribution in [0.3, 0.4) is 0 Å². The molecular weight excluding hydrogens is 379 g/mol. The van der Waals surface area contributed by atoms with Gasteiger partial charge in [-0.25, -0.2) is 19.3 Å². The topological polar surface area (TPSA) is 63.8 Å². The zero-order valence-electron chi connectivity index (χ0n) is 15.5. The van der Waals surface area contributed by atoms with E-state index in [-0.39, 0.29) is 16.8 Å². The van der Waals surface area contributed by atoms with Gasteiger partial charge in [0.2, 0.25) is 5.82 Å². The van der Waals surface area contributed by atoms with E-state index in [1.807, 2.05) is 0 Å². The maximum absolute atomic E-state index is 13.6. The molecule has 144 valence electrons. The normalized spacial score (nSPS) is 16.4. The summed E-state index contributed by atoms with van der Waals surface area (Å²) in [5, 5.41) is 10.9. The summed E-state index contributed by atoms with van der Waals surface area (Å²) in [7, 11) is 1.79. The molecule has 0 radical (unpaired) electrons. The highest BCUT2D eigenvalue weighted by molar-refractivity contribution is 6.33. The van der Waals surface area contributed by atoms with Crippen LogP contribution >= 0.6 is 11.6 Å². The summed E-state index contributed by atoms with van der Waals surface area (Å²) in [6.07, 6.45) is 5.48. The first-order valence-electron chi connectivity index (χ1n) is 9.37. The molecule has 4 rings (SSSR count). The van der Waals surface area contributed by atoms with Gasteiger partial charge in [0.25, 0.3) is 0 Å². The second-order valence-corrected chi connectivity index (χ2v) is 7.57. The minimum atomic E-state index is -1.000. The Morgan fingerprint density at radius 2 is 1.89 bits per heavy atom. The van der Waals surface area contributed by atoms with Crippen LogP contribution in [0.25, 0.3) is 22.6 Å². The quantitative estimate of drug-likeness (QED) is 0.378. The molecule has 1 aromatic carbocycles. The van der Waals surface area contributed by atoms with Crippen molar-refractivity contribution in [2.45, 2.75) is 44.1 Å². The lowest BCUT2D eigenvalue weighted by Gasteiger charge is -2.18. The number of hydrogen-bond donors (Lipinski definition) is 1. The fourth-order valence-corrected chi connectivity index (χ4v) is 3.79. The van der Waals surface area contributed by atoms with Crippen LogP contribution in [0.5, 0.6) is 0 Å². The van der Waals surface area contributed by atoms with Crippen molar-refractivity contribution in [1.82, 2.24) is 19.5 Å².